The smallest absolute Gasteiger partial charge is 0.0574 e. The van der Waals surface area contributed by atoms with E-state index in [1.807, 2.05) is 25.1 Å². The van der Waals surface area contributed by atoms with E-state index in [4.69, 9.17) is 5.73 Å². The van der Waals surface area contributed by atoms with Gasteiger partial charge in [0.1, 0.15) is 0 Å². The van der Waals surface area contributed by atoms with Crippen molar-refractivity contribution >= 4 is 24.8 Å². The number of aromatic nitrogens is 1. The molecular formula is C9H16Cl2N2. The molecule has 0 fully saturated rings. The van der Waals surface area contributed by atoms with Gasteiger partial charge < -0.3 is 5.73 Å². The summed E-state index contributed by atoms with van der Waals surface area (Å²) in [6.07, 6.45) is 0.941. The van der Waals surface area contributed by atoms with Gasteiger partial charge in [0.05, 0.1) is 5.69 Å². The van der Waals surface area contributed by atoms with Gasteiger partial charge in [-0.15, -0.1) is 24.8 Å². The fourth-order valence-corrected chi connectivity index (χ4v) is 0.980. The van der Waals surface area contributed by atoms with Crippen molar-refractivity contribution in [3.63, 3.8) is 0 Å². The maximum atomic E-state index is 5.80. The summed E-state index contributed by atoms with van der Waals surface area (Å²) in [6.45, 7) is 4.04. The molecule has 0 aliphatic rings. The Kier molecular flexibility index (Phi) is 8.32. The van der Waals surface area contributed by atoms with Gasteiger partial charge in [0.15, 0.2) is 0 Å². The van der Waals surface area contributed by atoms with Crippen molar-refractivity contribution in [1.82, 2.24) is 4.98 Å². The molecular weight excluding hydrogens is 207 g/mol. The van der Waals surface area contributed by atoms with Crippen molar-refractivity contribution in [2.45, 2.75) is 26.3 Å². The van der Waals surface area contributed by atoms with Gasteiger partial charge in [-0.05, 0) is 25.5 Å². The Hall–Kier alpha value is -0.310. The average molecular weight is 223 g/mol. The summed E-state index contributed by atoms with van der Waals surface area (Å²) < 4.78 is 0. The van der Waals surface area contributed by atoms with Crippen LogP contribution in [-0.2, 0) is 0 Å². The fourth-order valence-electron chi connectivity index (χ4n) is 0.980. The van der Waals surface area contributed by atoms with Crippen molar-refractivity contribution in [2.75, 3.05) is 0 Å². The summed E-state index contributed by atoms with van der Waals surface area (Å²) >= 11 is 0. The van der Waals surface area contributed by atoms with Gasteiger partial charge in [-0.2, -0.15) is 0 Å². The molecule has 0 aromatic carbocycles. The van der Waals surface area contributed by atoms with Crippen molar-refractivity contribution in [1.29, 1.82) is 0 Å². The van der Waals surface area contributed by atoms with E-state index in [2.05, 4.69) is 11.9 Å². The van der Waals surface area contributed by atoms with Crippen LogP contribution >= 0.6 is 24.8 Å². The van der Waals surface area contributed by atoms with Gasteiger partial charge in [-0.1, -0.05) is 13.0 Å². The van der Waals surface area contributed by atoms with Gasteiger partial charge in [0, 0.05) is 11.7 Å². The first-order valence-corrected chi connectivity index (χ1v) is 3.93. The zero-order valence-electron chi connectivity index (χ0n) is 7.86. The largest absolute Gasteiger partial charge is 0.323 e. The second kappa shape index (κ2) is 7.13. The summed E-state index contributed by atoms with van der Waals surface area (Å²) in [5.74, 6) is 0. The molecule has 0 amide bonds. The van der Waals surface area contributed by atoms with Crippen molar-refractivity contribution in [2.24, 2.45) is 5.73 Å². The number of hydrogen-bond donors (Lipinski definition) is 1. The molecule has 1 rings (SSSR count). The van der Waals surface area contributed by atoms with Crippen LogP contribution in [0.4, 0.5) is 0 Å². The minimum atomic E-state index is 0. The second-order valence-corrected chi connectivity index (χ2v) is 2.72. The Labute approximate surface area is 91.8 Å². The molecule has 1 heterocycles. The highest BCUT2D eigenvalue weighted by molar-refractivity contribution is 5.85. The lowest BCUT2D eigenvalue weighted by Gasteiger charge is -2.07. The molecule has 4 heteroatoms. The molecule has 0 aliphatic heterocycles. The molecule has 76 valence electrons. The molecule has 2 N–H and O–H groups in total. The summed E-state index contributed by atoms with van der Waals surface area (Å²) in [4.78, 5) is 4.32. The standard InChI is InChI=1S/C9H14N2.2ClH/c1-3-8(10)9-6-4-5-7(2)11-9;;/h4-6,8H,3,10H2,1-2H3;2*1H. The van der Waals surface area contributed by atoms with Crippen LogP contribution in [0.15, 0.2) is 18.2 Å². The maximum absolute atomic E-state index is 5.80. The van der Waals surface area contributed by atoms with Crippen LogP contribution < -0.4 is 5.73 Å². The summed E-state index contributed by atoms with van der Waals surface area (Å²) in [5.41, 5.74) is 7.83. The molecule has 0 saturated heterocycles. The van der Waals surface area contributed by atoms with Crippen molar-refractivity contribution < 1.29 is 0 Å². The van der Waals surface area contributed by atoms with E-state index < -0.39 is 0 Å². The highest BCUT2D eigenvalue weighted by Crippen LogP contribution is 2.10. The number of nitrogens with zero attached hydrogens (tertiary/aromatic N) is 1. The van der Waals surface area contributed by atoms with Gasteiger partial charge in [-0.3, -0.25) is 4.98 Å². The topological polar surface area (TPSA) is 38.9 Å². The summed E-state index contributed by atoms with van der Waals surface area (Å²) in [7, 11) is 0. The molecule has 13 heavy (non-hydrogen) atoms. The molecule has 0 spiro atoms. The molecule has 0 radical (unpaired) electrons. The third-order valence-corrected chi connectivity index (χ3v) is 1.73. The van der Waals surface area contributed by atoms with E-state index in [1.165, 1.54) is 0 Å². The number of aryl methyl sites for hydroxylation is 1. The zero-order chi connectivity index (χ0) is 8.27. The average Bonchev–Trinajstić information content (AvgIpc) is 2.03. The third-order valence-electron chi connectivity index (χ3n) is 1.73. The van der Waals surface area contributed by atoms with Gasteiger partial charge >= 0.3 is 0 Å². The van der Waals surface area contributed by atoms with Crippen LogP contribution in [0.5, 0.6) is 0 Å². The molecule has 1 unspecified atom stereocenters. The number of halogens is 2. The van der Waals surface area contributed by atoms with Crippen LogP contribution in [0.3, 0.4) is 0 Å². The maximum Gasteiger partial charge on any atom is 0.0574 e. The molecule has 1 atom stereocenters. The van der Waals surface area contributed by atoms with Crippen LogP contribution in [0.2, 0.25) is 0 Å². The Bertz CT molecular complexity index is 241. The molecule has 0 aliphatic carbocycles. The lowest BCUT2D eigenvalue weighted by atomic mass is 10.1. The van der Waals surface area contributed by atoms with Gasteiger partial charge in [0.2, 0.25) is 0 Å². The van der Waals surface area contributed by atoms with Crippen LogP contribution in [0, 0.1) is 6.92 Å². The molecule has 1 aromatic rings. The summed E-state index contributed by atoms with van der Waals surface area (Å²) in [6, 6.07) is 6.04. The first kappa shape index (κ1) is 15.2. The first-order chi connectivity index (χ1) is 5.24. The van der Waals surface area contributed by atoms with Crippen LogP contribution in [0.25, 0.3) is 0 Å². The van der Waals surface area contributed by atoms with E-state index in [0.717, 1.165) is 17.8 Å². The lowest BCUT2D eigenvalue weighted by molar-refractivity contribution is 0.673. The van der Waals surface area contributed by atoms with E-state index in [1.54, 1.807) is 0 Å². The van der Waals surface area contributed by atoms with E-state index in [0.29, 0.717) is 0 Å². The normalized spacial score (nSPS) is 11.0. The minimum Gasteiger partial charge on any atom is -0.323 e. The fraction of sp³-hybridized carbons (Fsp3) is 0.444. The van der Waals surface area contributed by atoms with Gasteiger partial charge in [0.25, 0.3) is 0 Å². The molecule has 2 nitrogen and oxygen atoms in total. The molecule has 0 saturated carbocycles. The minimum absolute atomic E-state index is 0. The number of hydrogen-bond acceptors (Lipinski definition) is 2. The Balaban J connectivity index is 0. The lowest BCUT2D eigenvalue weighted by Crippen LogP contribution is -2.10. The van der Waals surface area contributed by atoms with E-state index in [-0.39, 0.29) is 30.9 Å². The molecule has 1 aromatic heterocycles. The van der Waals surface area contributed by atoms with Crippen LogP contribution in [0.1, 0.15) is 30.8 Å². The van der Waals surface area contributed by atoms with Crippen molar-refractivity contribution in [3.8, 4) is 0 Å². The Morgan fingerprint density at radius 1 is 1.38 bits per heavy atom. The van der Waals surface area contributed by atoms with Crippen molar-refractivity contribution in [3.05, 3.63) is 29.6 Å². The van der Waals surface area contributed by atoms with Gasteiger partial charge in [-0.25, -0.2) is 0 Å². The summed E-state index contributed by atoms with van der Waals surface area (Å²) in [5, 5.41) is 0. The highest BCUT2D eigenvalue weighted by Gasteiger charge is 2.02. The number of rotatable bonds is 2. The van der Waals surface area contributed by atoms with Crippen LogP contribution in [-0.4, -0.2) is 4.98 Å². The molecule has 0 bridgehead atoms. The number of pyridine rings is 1. The van der Waals surface area contributed by atoms with E-state index >= 15 is 0 Å². The predicted octanol–water partition coefficient (Wildman–Crippen LogP) is 2.64. The predicted molar refractivity (Wildman–Crippen MR) is 60.7 cm³/mol. The van der Waals surface area contributed by atoms with E-state index in [9.17, 15) is 0 Å². The monoisotopic (exact) mass is 222 g/mol. The Morgan fingerprint density at radius 2 is 2.00 bits per heavy atom. The second-order valence-electron chi connectivity index (χ2n) is 2.72. The SMILES string of the molecule is CCC(N)c1cccc(C)n1.Cl.Cl. The zero-order valence-corrected chi connectivity index (χ0v) is 9.49. The first-order valence-electron chi connectivity index (χ1n) is 3.93. The quantitative estimate of drug-likeness (QED) is 0.836. The highest BCUT2D eigenvalue weighted by atomic mass is 35.5. The third kappa shape index (κ3) is 4.46. The number of nitrogens with two attached hydrogens (primary N) is 1. The Morgan fingerprint density at radius 3 is 2.46 bits per heavy atom.